The zero-order chi connectivity index (χ0) is 19.1. The van der Waals surface area contributed by atoms with E-state index in [2.05, 4.69) is 25.1 Å². The van der Waals surface area contributed by atoms with Gasteiger partial charge in [-0.1, -0.05) is 30.3 Å². The number of rotatable bonds is 4. The Balaban J connectivity index is 1.55. The van der Waals surface area contributed by atoms with Crippen LogP contribution in [0.2, 0.25) is 0 Å². The second kappa shape index (κ2) is 6.42. The molecule has 0 amide bonds. The van der Waals surface area contributed by atoms with Crippen molar-refractivity contribution >= 4 is 27.7 Å². The van der Waals surface area contributed by atoms with Crippen molar-refractivity contribution in [2.45, 2.75) is 13.3 Å². The van der Waals surface area contributed by atoms with Crippen molar-refractivity contribution in [3.05, 3.63) is 77.9 Å². The Morgan fingerprint density at radius 2 is 1.75 bits per heavy atom. The van der Waals surface area contributed by atoms with Crippen LogP contribution in [0.4, 0.5) is 0 Å². The number of aryl methyl sites for hydroxylation is 1. The summed E-state index contributed by atoms with van der Waals surface area (Å²) in [5, 5.41) is 7.40. The zero-order valence-corrected chi connectivity index (χ0v) is 15.2. The van der Waals surface area contributed by atoms with Crippen molar-refractivity contribution < 1.29 is 4.79 Å². The Morgan fingerprint density at radius 1 is 0.964 bits per heavy atom. The normalized spacial score (nSPS) is 11.3. The Hall–Kier alpha value is -3.80. The van der Waals surface area contributed by atoms with Gasteiger partial charge in [0.25, 0.3) is 0 Å². The van der Waals surface area contributed by atoms with E-state index in [0.29, 0.717) is 17.5 Å². The van der Waals surface area contributed by atoms with Crippen molar-refractivity contribution in [3.63, 3.8) is 0 Å². The van der Waals surface area contributed by atoms with Gasteiger partial charge >= 0.3 is 0 Å². The van der Waals surface area contributed by atoms with E-state index in [-0.39, 0.29) is 11.6 Å². The maximum atomic E-state index is 12.6. The lowest BCUT2D eigenvalue weighted by atomic mass is 10.1. The molecule has 2 aromatic carbocycles. The van der Waals surface area contributed by atoms with E-state index < -0.39 is 0 Å². The fourth-order valence-corrected chi connectivity index (χ4v) is 3.43. The van der Waals surface area contributed by atoms with Crippen LogP contribution in [0.15, 0.2) is 60.8 Å². The quantitative estimate of drug-likeness (QED) is 0.465. The van der Waals surface area contributed by atoms with E-state index in [1.165, 1.54) is 0 Å². The predicted octanol–water partition coefficient (Wildman–Crippen LogP) is 4.24. The van der Waals surface area contributed by atoms with Crippen LogP contribution < -0.4 is 0 Å². The first-order chi connectivity index (χ1) is 13.7. The van der Waals surface area contributed by atoms with Crippen LogP contribution in [-0.4, -0.2) is 30.9 Å². The Bertz CT molecular complexity index is 1320. The second-order valence-corrected chi connectivity index (χ2v) is 6.83. The molecule has 0 bridgehead atoms. The maximum Gasteiger partial charge on any atom is 0.204 e. The van der Waals surface area contributed by atoms with Gasteiger partial charge in [0.05, 0.1) is 22.2 Å². The van der Waals surface area contributed by atoms with Gasteiger partial charge < -0.3 is 5.10 Å². The van der Waals surface area contributed by atoms with Crippen LogP contribution in [0.5, 0.6) is 0 Å². The molecule has 5 rings (SSSR count). The van der Waals surface area contributed by atoms with Gasteiger partial charge in [-0.2, -0.15) is 0 Å². The molecule has 0 aliphatic carbocycles. The first-order valence-electron chi connectivity index (χ1n) is 9.05. The number of fused-ring (bicyclic) bond motifs is 2. The monoisotopic (exact) mass is 367 g/mol. The molecule has 6 nitrogen and oxygen atoms in total. The average Bonchev–Trinajstić information content (AvgIpc) is 3.30. The number of pyridine rings is 1. The SMILES string of the molecule is Cc1cc(-c2[nH][nH]c3cc4nc(C(=O)Cc5ccccc5)nc4cc23)ccn1. The molecule has 136 valence electrons. The summed E-state index contributed by atoms with van der Waals surface area (Å²) in [6.07, 6.45) is 2.09. The van der Waals surface area contributed by atoms with Crippen LogP contribution in [0.3, 0.4) is 0 Å². The van der Waals surface area contributed by atoms with Gasteiger partial charge in [-0.05, 0) is 36.8 Å². The number of carbonyl (C=O) groups excluding carboxylic acids is 1. The summed E-state index contributed by atoms with van der Waals surface area (Å²) in [5.41, 5.74) is 6.24. The number of aromatic amines is 2. The van der Waals surface area contributed by atoms with Gasteiger partial charge in [-0.3, -0.25) is 14.9 Å². The number of aromatic nitrogens is 5. The highest BCUT2D eigenvalue weighted by molar-refractivity contribution is 6.03. The molecule has 0 fully saturated rings. The third-order valence-electron chi connectivity index (χ3n) is 4.80. The number of hydrogen-bond donors (Lipinski definition) is 2. The fraction of sp³-hybridized carbons (Fsp3) is 0.0909. The van der Waals surface area contributed by atoms with Crippen LogP contribution >= 0.6 is 0 Å². The fourth-order valence-electron chi connectivity index (χ4n) is 3.43. The largest absolute Gasteiger partial charge is 0.300 e. The van der Waals surface area contributed by atoms with Crippen molar-refractivity contribution in [2.24, 2.45) is 0 Å². The lowest BCUT2D eigenvalue weighted by Crippen LogP contribution is -2.05. The zero-order valence-electron chi connectivity index (χ0n) is 15.2. The number of H-pyrrole nitrogens is 2. The summed E-state index contributed by atoms with van der Waals surface area (Å²) in [6, 6.07) is 17.5. The van der Waals surface area contributed by atoms with Gasteiger partial charge in [0, 0.05) is 29.3 Å². The van der Waals surface area contributed by atoms with Gasteiger partial charge in [0.15, 0.2) is 5.82 Å². The molecule has 0 atom stereocenters. The molecule has 3 aromatic heterocycles. The summed E-state index contributed by atoms with van der Waals surface area (Å²) >= 11 is 0. The smallest absolute Gasteiger partial charge is 0.204 e. The molecule has 0 aliphatic rings. The molecule has 0 radical (unpaired) electrons. The summed E-state index contributed by atoms with van der Waals surface area (Å²) in [7, 11) is 0. The van der Waals surface area contributed by atoms with Crippen LogP contribution in [-0.2, 0) is 6.42 Å². The molecule has 28 heavy (non-hydrogen) atoms. The minimum absolute atomic E-state index is 0.0809. The highest BCUT2D eigenvalue weighted by atomic mass is 16.1. The van der Waals surface area contributed by atoms with E-state index >= 15 is 0 Å². The number of carbonyl (C=O) groups is 1. The molecule has 0 saturated heterocycles. The molecular weight excluding hydrogens is 350 g/mol. The van der Waals surface area contributed by atoms with Gasteiger partial charge in [0.1, 0.15) is 0 Å². The molecule has 3 heterocycles. The van der Waals surface area contributed by atoms with Gasteiger partial charge in [0.2, 0.25) is 5.78 Å². The number of Topliss-reactive ketones (excluding diaryl/α,β-unsaturated/α-hetero) is 1. The second-order valence-electron chi connectivity index (χ2n) is 6.83. The lowest BCUT2D eigenvalue weighted by Gasteiger charge is -2.00. The molecule has 2 N–H and O–H groups in total. The van der Waals surface area contributed by atoms with E-state index in [4.69, 9.17) is 0 Å². The minimum Gasteiger partial charge on any atom is -0.300 e. The molecule has 0 aliphatic heterocycles. The van der Waals surface area contributed by atoms with E-state index in [0.717, 1.165) is 33.4 Å². The highest BCUT2D eigenvalue weighted by Crippen LogP contribution is 2.29. The number of ketones is 1. The maximum absolute atomic E-state index is 12.6. The molecule has 0 saturated carbocycles. The highest BCUT2D eigenvalue weighted by Gasteiger charge is 2.16. The minimum atomic E-state index is -0.0809. The Morgan fingerprint density at radius 3 is 2.54 bits per heavy atom. The van der Waals surface area contributed by atoms with Crippen molar-refractivity contribution in [1.29, 1.82) is 0 Å². The third-order valence-corrected chi connectivity index (χ3v) is 4.80. The van der Waals surface area contributed by atoms with E-state index in [1.54, 1.807) is 6.20 Å². The van der Waals surface area contributed by atoms with Crippen LogP contribution in [0, 0.1) is 6.92 Å². The predicted molar refractivity (Wildman–Crippen MR) is 108 cm³/mol. The summed E-state index contributed by atoms with van der Waals surface area (Å²) in [5.74, 6) is 0.180. The Labute approximate surface area is 160 Å². The number of nitrogens with zero attached hydrogens (tertiary/aromatic N) is 3. The molecule has 0 spiro atoms. The first-order valence-corrected chi connectivity index (χ1v) is 9.05. The Kier molecular flexibility index (Phi) is 3.76. The van der Waals surface area contributed by atoms with E-state index in [9.17, 15) is 4.79 Å². The third kappa shape index (κ3) is 2.85. The van der Waals surface area contributed by atoms with Crippen molar-refractivity contribution in [1.82, 2.24) is 25.1 Å². The van der Waals surface area contributed by atoms with Crippen LogP contribution in [0.25, 0.3) is 33.2 Å². The lowest BCUT2D eigenvalue weighted by molar-refractivity contribution is 0.0984. The van der Waals surface area contributed by atoms with Gasteiger partial charge in [-0.25, -0.2) is 9.97 Å². The van der Waals surface area contributed by atoms with E-state index in [1.807, 2.05) is 61.5 Å². The summed E-state index contributed by atoms with van der Waals surface area (Å²) in [6.45, 7) is 1.96. The van der Waals surface area contributed by atoms with Gasteiger partial charge in [-0.15, -0.1) is 0 Å². The standard InChI is InChI=1S/C22H17N5O/c1-13-9-15(7-8-23-13)21-16-11-18-19(12-17(16)26-27-21)25-22(24-18)20(28)10-14-5-3-2-4-6-14/h2-9,11-12,26-27H,10H2,1H3. The number of hydrogen-bond acceptors (Lipinski definition) is 4. The first kappa shape index (κ1) is 16.4. The number of imidazole rings is 1. The van der Waals surface area contributed by atoms with Crippen molar-refractivity contribution in [2.75, 3.05) is 0 Å². The number of nitrogens with one attached hydrogen (secondary N) is 2. The molecular formula is C22H17N5O. The topological polar surface area (TPSA) is 87.3 Å². The number of benzene rings is 2. The molecule has 0 unspecified atom stereocenters. The summed E-state index contributed by atoms with van der Waals surface area (Å²) < 4.78 is 0. The molecule has 5 aromatic rings. The van der Waals surface area contributed by atoms with Crippen LogP contribution in [0.1, 0.15) is 21.9 Å². The average molecular weight is 367 g/mol. The summed E-state index contributed by atoms with van der Waals surface area (Å²) in [4.78, 5) is 25.8. The molecule has 6 heteroatoms. The van der Waals surface area contributed by atoms with Crippen molar-refractivity contribution in [3.8, 4) is 11.3 Å².